The first-order chi connectivity index (χ1) is 15.3. The van der Waals surface area contributed by atoms with Gasteiger partial charge in [0.15, 0.2) is 0 Å². The number of carbonyl (C=O) groups excluding carboxylic acids is 2. The summed E-state index contributed by atoms with van der Waals surface area (Å²) in [6.07, 6.45) is -0.971. The molecule has 0 saturated heterocycles. The van der Waals surface area contributed by atoms with E-state index in [1.54, 1.807) is 12.1 Å². The first-order valence-electron chi connectivity index (χ1n) is 9.84. The lowest BCUT2D eigenvalue weighted by molar-refractivity contribution is -0.150. The summed E-state index contributed by atoms with van der Waals surface area (Å²) in [5.41, 5.74) is 1.52. The minimum Gasteiger partial charge on any atom is -0.508 e. The van der Waals surface area contributed by atoms with Crippen LogP contribution in [0.5, 0.6) is 5.75 Å². The molecule has 0 spiro atoms. The van der Waals surface area contributed by atoms with E-state index < -0.39 is 43.0 Å². The molecule has 0 aliphatic carbocycles. The van der Waals surface area contributed by atoms with E-state index in [1.165, 1.54) is 17.0 Å². The summed E-state index contributed by atoms with van der Waals surface area (Å²) in [6.45, 7) is -0.905. The van der Waals surface area contributed by atoms with Gasteiger partial charge in [0.25, 0.3) is 0 Å². The third-order valence-electron chi connectivity index (χ3n) is 4.67. The van der Waals surface area contributed by atoms with Crippen LogP contribution in [0.25, 0.3) is 0 Å². The van der Waals surface area contributed by atoms with Crippen molar-refractivity contribution < 1.29 is 34.5 Å². The molecule has 0 aliphatic heterocycles. The summed E-state index contributed by atoms with van der Waals surface area (Å²) in [5.74, 6) is -2.50. The second-order valence-corrected chi connectivity index (χ2v) is 6.98. The fourth-order valence-corrected chi connectivity index (χ4v) is 3.03. The summed E-state index contributed by atoms with van der Waals surface area (Å²) in [5, 5.41) is 32.0. The van der Waals surface area contributed by atoms with Crippen LogP contribution in [0, 0.1) is 0 Å². The number of nitrogens with zero attached hydrogens (tertiary/aromatic N) is 1. The number of aromatic hydroxyl groups is 1. The maximum Gasteiger partial charge on any atom is 0.405 e. The number of carboxylic acid groups (broad SMARTS) is 2. The Morgan fingerprint density at radius 1 is 0.844 bits per heavy atom. The normalized spacial score (nSPS) is 11.2. The van der Waals surface area contributed by atoms with Crippen LogP contribution >= 0.6 is 0 Å². The van der Waals surface area contributed by atoms with E-state index in [2.05, 4.69) is 5.32 Å². The van der Waals surface area contributed by atoms with Gasteiger partial charge in [0.05, 0.1) is 13.1 Å². The second-order valence-electron chi connectivity index (χ2n) is 6.98. The van der Waals surface area contributed by atoms with Crippen molar-refractivity contribution >= 4 is 23.9 Å². The monoisotopic (exact) mass is 443 g/mol. The van der Waals surface area contributed by atoms with E-state index in [-0.39, 0.29) is 18.7 Å². The number of carbonyl (C=O) groups is 4. The Kier molecular flexibility index (Phi) is 9.03. The topological polar surface area (TPSA) is 156 Å². The third-order valence-corrected chi connectivity index (χ3v) is 4.67. The first-order valence-corrected chi connectivity index (χ1v) is 9.84. The number of carboxylic acids is 1. The number of amides is 3. The maximum absolute atomic E-state index is 12.9. The van der Waals surface area contributed by atoms with E-state index in [1.807, 2.05) is 35.6 Å². The van der Waals surface area contributed by atoms with Crippen molar-refractivity contribution in [2.75, 3.05) is 19.6 Å². The largest absolute Gasteiger partial charge is 0.508 e. The van der Waals surface area contributed by atoms with Crippen molar-refractivity contribution in [1.29, 1.82) is 0 Å². The number of rotatable bonds is 11. The van der Waals surface area contributed by atoms with Crippen molar-refractivity contribution in [2.45, 2.75) is 18.9 Å². The Morgan fingerprint density at radius 3 is 2.09 bits per heavy atom. The lowest BCUT2D eigenvalue weighted by atomic mass is 10.0. The number of benzene rings is 2. The zero-order valence-corrected chi connectivity index (χ0v) is 17.2. The highest BCUT2D eigenvalue weighted by Crippen LogP contribution is 2.15. The van der Waals surface area contributed by atoms with Gasteiger partial charge >= 0.3 is 12.1 Å². The molecule has 3 amide bonds. The molecule has 5 N–H and O–H groups in total. The number of nitrogens with one attached hydrogen (secondary N) is 2. The van der Waals surface area contributed by atoms with E-state index in [4.69, 9.17) is 5.11 Å². The summed E-state index contributed by atoms with van der Waals surface area (Å²) < 4.78 is 0. The molecule has 2 aromatic carbocycles. The molecule has 0 radical (unpaired) electrons. The quantitative estimate of drug-likeness (QED) is 0.344. The molecule has 0 fully saturated rings. The number of phenols is 1. The lowest BCUT2D eigenvalue weighted by Crippen LogP contribution is -2.51. The zero-order chi connectivity index (χ0) is 23.5. The van der Waals surface area contributed by atoms with E-state index in [0.29, 0.717) is 12.0 Å². The van der Waals surface area contributed by atoms with Gasteiger partial charge in [-0.3, -0.25) is 9.59 Å². The number of aliphatic carboxylic acids is 1. The molecular formula is C22H25N3O7. The van der Waals surface area contributed by atoms with Crippen LogP contribution in [0.2, 0.25) is 0 Å². The SMILES string of the molecule is O=C(O)NCC(=O)NCC(=O)N(CCc1ccccc1)[C@@H](Cc1ccc(O)cc1)C(=O)O. The van der Waals surface area contributed by atoms with Gasteiger partial charge in [-0.05, 0) is 29.7 Å². The molecule has 1 atom stereocenters. The van der Waals surface area contributed by atoms with Gasteiger partial charge in [0.2, 0.25) is 11.8 Å². The van der Waals surface area contributed by atoms with Crippen molar-refractivity contribution in [3.05, 3.63) is 65.7 Å². The molecule has 0 saturated carbocycles. The molecule has 10 heteroatoms. The summed E-state index contributed by atoms with van der Waals surface area (Å²) in [7, 11) is 0. The Bertz CT molecular complexity index is 932. The fraction of sp³-hybridized carbons (Fsp3) is 0.273. The summed E-state index contributed by atoms with van der Waals surface area (Å²) in [4.78, 5) is 48.3. The molecule has 170 valence electrons. The molecule has 32 heavy (non-hydrogen) atoms. The van der Waals surface area contributed by atoms with Crippen LogP contribution in [0.3, 0.4) is 0 Å². The van der Waals surface area contributed by atoms with Crippen molar-refractivity contribution in [2.24, 2.45) is 0 Å². The molecule has 0 unspecified atom stereocenters. The molecular weight excluding hydrogens is 418 g/mol. The van der Waals surface area contributed by atoms with E-state index >= 15 is 0 Å². The third kappa shape index (κ3) is 7.98. The van der Waals surface area contributed by atoms with Crippen LogP contribution in [0.1, 0.15) is 11.1 Å². The Labute approximate surface area is 184 Å². The van der Waals surface area contributed by atoms with Crippen molar-refractivity contribution in [3.63, 3.8) is 0 Å². The van der Waals surface area contributed by atoms with Gasteiger partial charge in [-0.25, -0.2) is 9.59 Å². The van der Waals surface area contributed by atoms with Gasteiger partial charge in [0.1, 0.15) is 11.8 Å². The minimum absolute atomic E-state index is 0.00462. The van der Waals surface area contributed by atoms with E-state index in [9.17, 15) is 29.4 Å². The van der Waals surface area contributed by atoms with Crippen LogP contribution < -0.4 is 10.6 Å². The standard InChI is InChI=1S/C22H25N3O7/c26-17-8-6-16(7-9-17)12-18(21(29)30)25(11-10-15-4-2-1-3-5-15)20(28)14-23-19(27)13-24-22(31)32/h1-9,18,24,26H,10-14H2,(H,23,27)(H,29,30)(H,31,32)/t18-/m0/s1. The lowest BCUT2D eigenvalue weighted by Gasteiger charge is -2.29. The number of hydrogen-bond acceptors (Lipinski definition) is 5. The summed E-state index contributed by atoms with van der Waals surface area (Å²) >= 11 is 0. The van der Waals surface area contributed by atoms with Gasteiger partial charge < -0.3 is 30.9 Å². The average Bonchev–Trinajstić information content (AvgIpc) is 2.77. The molecule has 2 aromatic rings. The summed E-state index contributed by atoms with van der Waals surface area (Å²) in [6, 6.07) is 14.0. The first kappa shape index (κ1) is 24.2. The maximum atomic E-state index is 12.9. The van der Waals surface area contributed by atoms with Gasteiger partial charge in [-0.2, -0.15) is 0 Å². The van der Waals surface area contributed by atoms with Crippen LogP contribution in [-0.2, 0) is 27.2 Å². The minimum atomic E-state index is -1.38. The van der Waals surface area contributed by atoms with Gasteiger partial charge in [0, 0.05) is 13.0 Å². The average molecular weight is 443 g/mol. The Morgan fingerprint density at radius 2 is 1.50 bits per heavy atom. The number of hydrogen-bond donors (Lipinski definition) is 5. The molecule has 0 bridgehead atoms. The van der Waals surface area contributed by atoms with Crippen molar-refractivity contribution in [1.82, 2.24) is 15.5 Å². The zero-order valence-electron chi connectivity index (χ0n) is 17.2. The van der Waals surface area contributed by atoms with Gasteiger partial charge in [-0.1, -0.05) is 42.5 Å². The smallest absolute Gasteiger partial charge is 0.405 e. The van der Waals surface area contributed by atoms with Crippen LogP contribution in [-0.4, -0.2) is 69.8 Å². The van der Waals surface area contributed by atoms with Gasteiger partial charge in [-0.15, -0.1) is 0 Å². The highest BCUT2D eigenvalue weighted by molar-refractivity contribution is 5.89. The molecule has 2 rings (SSSR count). The molecule has 0 heterocycles. The van der Waals surface area contributed by atoms with E-state index in [0.717, 1.165) is 5.56 Å². The number of phenolic OH excluding ortho intramolecular Hbond substituents is 1. The van der Waals surface area contributed by atoms with Crippen molar-refractivity contribution in [3.8, 4) is 5.75 Å². The fourth-order valence-electron chi connectivity index (χ4n) is 3.03. The Balaban J connectivity index is 2.15. The predicted octanol–water partition coefficient (Wildman–Crippen LogP) is 0.843. The Hall–Kier alpha value is -4.08. The van der Waals surface area contributed by atoms with Crippen LogP contribution in [0.4, 0.5) is 4.79 Å². The molecule has 0 aliphatic rings. The molecule has 0 aromatic heterocycles. The second kappa shape index (κ2) is 11.9. The highest BCUT2D eigenvalue weighted by atomic mass is 16.4. The molecule has 10 nitrogen and oxygen atoms in total. The predicted molar refractivity (Wildman–Crippen MR) is 114 cm³/mol. The highest BCUT2D eigenvalue weighted by Gasteiger charge is 2.30. The van der Waals surface area contributed by atoms with Crippen LogP contribution in [0.15, 0.2) is 54.6 Å².